The third-order valence-corrected chi connectivity index (χ3v) is 7.13. The van der Waals surface area contributed by atoms with Gasteiger partial charge in [-0.05, 0) is 29.2 Å². The largest absolute Gasteiger partial charge is 0.378 e. The van der Waals surface area contributed by atoms with Gasteiger partial charge < -0.3 is 14.5 Å². The van der Waals surface area contributed by atoms with Crippen molar-refractivity contribution in [3.63, 3.8) is 0 Å². The van der Waals surface area contributed by atoms with Crippen LogP contribution in [0.1, 0.15) is 21.7 Å². The van der Waals surface area contributed by atoms with Crippen molar-refractivity contribution in [1.29, 1.82) is 0 Å². The van der Waals surface area contributed by atoms with Gasteiger partial charge in [-0.3, -0.25) is 4.79 Å². The molecule has 3 aromatic rings. The van der Waals surface area contributed by atoms with Gasteiger partial charge in [0.05, 0.1) is 23.1 Å². The van der Waals surface area contributed by atoms with E-state index >= 15 is 0 Å². The number of amides is 1. The Morgan fingerprint density at radius 3 is 2.19 bits per heavy atom. The van der Waals surface area contributed by atoms with Crippen molar-refractivity contribution < 1.29 is 9.53 Å². The molecule has 1 aromatic heterocycles. The normalized spacial score (nSPS) is 16.8. The number of hydrogen-bond acceptors (Lipinski definition) is 4. The first-order chi connectivity index (χ1) is 15.3. The molecule has 1 saturated heterocycles. The van der Waals surface area contributed by atoms with Crippen LogP contribution in [0.5, 0.6) is 0 Å². The Balaban J connectivity index is 1.40. The van der Waals surface area contributed by atoms with E-state index in [0.29, 0.717) is 6.54 Å². The van der Waals surface area contributed by atoms with Gasteiger partial charge in [-0.1, -0.05) is 66.7 Å². The van der Waals surface area contributed by atoms with E-state index in [-0.39, 0.29) is 5.91 Å². The third-order valence-electron chi connectivity index (χ3n) is 5.95. The van der Waals surface area contributed by atoms with Gasteiger partial charge in [0.1, 0.15) is 0 Å². The molecule has 0 N–H and O–H groups in total. The van der Waals surface area contributed by atoms with Crippen LogP contribution in [0.25, 0.3) is 16.7 Å². The maximum Gasteiger partial charge on any atom is 0.264 e. The maximum absolute atomic E-state index is 13.4. The Hall–Kier alpha value is -2.89. The van der Waals surface area contributed by atoms with Crippen molar-refractivity contribution >= 4 is 27.8 Å². The number of benzene rings is 2. The van der Waals surface area contributed by atoms with Crippen molar-refractivity contribution in [2.75, 3.05) is 44.3 Å². The Morgan fingerprint density at radius 2 is 1.55 bits per heavy atom. The number of morpholine rings is 1. The van der Waals surface area contributed by atoms with Gasteiger partial charge in [0.2, 0.25) is 0 Å². The van der Waals surface area contributed by atoms with Gasteiger partial charge in [-0.25, -0.2) is 0 Å². The summed E-state index contributed by atoms with van der Waals surface area (Å²) in [6.07, 6.45) is 3.09. The molecule has 0 radical (unpaired) electrons. The van der Waals surface area contributed by atoms with Gasteiger partial charge in [-0.15, -0.1) is 11.3 Å². The molecular weight excluding hydrogens is 404 g/mol. The summed E-state index contributed by atoms with van der Waals surface area (Å²) in [5.41, 5.74) is 4.89. The minimum absolute atomic E-state index is 0.130. The van der Waals surface area contributed by atoms with Crippen molar-refractivity contribution in [2.24, 2.45) is 0 Å². The van der Waals surface area contributed by atoms with Crippen LogP contribution in [0.2, 0.25) is 0 Å². The van der Waals surface area contributed by atoms with Crippen molar-refractivity contribution in [3.8, 4) is 11.1 Å². The predicted molar refractivity (Wildman–Crippen MR) is 128 cm³/mol. The number of anilines is 1. The first-order valence-electron chi connectivity index (χ1n) is 10.9. The minimum atomic E-state index is 0.130. The lowest BCUT2D eigenvalue weighted by Gasteiger charge is -2.28. The van der Waals surface area contributed by atoms with Gasteiger partial charge in [0.15, 0.2) is 0 Å². The number of carbonyl (C=O) groups is 1. The van der Waals surface area contributed by atoms with E-state index in [1.54, 1.807) is 11.3 Å². The first kappa shape index (κ1) is 20.0. The molecular formula is C26H26N2O2S. The summed E-state index contributed by atoms with van der Waals surface area (Å²) in [6.45, 7) is 4.60. The quantitative estimate of drug-likeness (QED) is 0.572. The lowest BCUT2D eigenvalue weighted by atomic mass is 9.99. The van der Waals surface area contributed by atoms with E-state index in [0.717, 1.165) is 55.3 Å². The highest BCUT2D eigenvalue weighted by Crippen LogP contribution is 2.40. The summed E-state index contributed by atoms with van der Waals surface area (Å²) in [5, 5.41) is 1.18. The summed E-state index contributed by atoms with van der Waals surface area (Å²) in [5.74, 6) is 0.130. The van der Waals surface area contributed by atoms with E-state index in [1.807, 2.05) is 17.0 Å². The summed E-state index contributed by atoms with van der Waals surface area (Å²) in [7, 11) is 0. The summed E-state index contributed by atoms with van der Waals surface area (Å²) in [4.78, 5) is 18.5. The fourth-order valence-corrected chi connectivity index (χ4v) is 5.44. The predicted octanol–water partition coefficient (Wildman–Crippen LogP) is 5.18. The van der Waals surface area contributed by atoms with Gasteiger partial charge in [0, 0.05) is 31.7 Å². The standard InChI is InChI=1S/C26H26N2O2S/c29-25(27-13-11-21(12-14-27)20-7-3-1-4-8-20)24-19-23(22-9-5-2-6-10-22)26(31-24)28-15-17-30-18-16-28/h1-11,19H,12-18H2. The van der Waals surface area contributed by atoms with Gasteiger partial charge in [0.25, 0.3) is 5.91 Å². The fraction of sp³-hybridized carbons (Fsp3) is 0.269. The highest BCUT2D eigenvalue weighted by Gasteiger charge is 2.25. The average Bonchev–Trinajstić information content (AvgIpc) is 3.31. The van der Waals surface area contributed by atoms with E-state index in [1.165, 1.54) is 16.1 Å². The Labute approximate surface area is 187 Å². The highest BCUT2D eigenvalue weighted by molar-refractivity contribution is 7.18. The fourth-order valence-electron chi connectivity index (χ4n) is 4.24. The van der Waals surface area contributed by atoms with Gasteiger partial charge >= 0.3 is 0 Å². The van der Waals surface area contributed by atoms with Crippen LogP contribution in [-0.2, 0) is 4.74 Å². The summed E-state index contributed by atoms with van der Waals surface area (Å²) < 4.78 is 5.54. The molecule has 2 aliphatic rings. The van der Waals surface area contributed by atoms with E-state index in [2.05, 4.69) is 65.6 Å². The summed E-state index contributed by atoms with van der Waals surface area (Å²) in [6, 6.07) is 22.9. The number of carbonyl (C=O) groups excluding carboxylic acids is 1. The lowest BCUT2D eigenvalue weighted by Crippen LogP contribution is -2.36. The zero-order valence-electron chi connectivity index (χ0n) is 17.5. The molecule has 158 valence electrons. The molecule has 1 amide bonds. The zero-order valence-corrected chi connectivity index (χ0v) is 18.3. The monoisotopic (exact) mass is 430 g/mol. The van der Waals surface area contributed by atoms with Crippen molar-refractivity contribution in [2.45, 2.75) is 6.42 Å². The van der Waals surface area contributed by atoms with Crippen molar-refractivity contribution in [3.05, 3.63) is 83.2 Å². The second kappa shape index (κ2) is 9.08. The molecule has 0 aliphatic carbocycles. The smallest absolute Gasteiger partial charge is 0.264 e. The molecule has 1 fully saturated rings. The number of thiophene rings is 1. The Kier molecular flexibility index (Phi) is 5.87. The molecule has 3 heterocycles. The topological polar surface area (TPSA) is 32.8 Å². The molecule has 0 unspecified atom stereocenters. The van der Waals surface area contributed by atoms with E-state index in [4.69, 9.17) is 4.74 Å². The number of ether oxygens (including phenoxy) is 1. The maximum atomic E-state index is 13.4. The molecule has 0 bridgehead atoms. The molecule has 5 heteroatoms. The molecule has 31 heavy (non-hydrogen) atoms. The lowest BCUT2D eigenvalue weighted by molar-refractivity contribution is 0.0777. The molecule has 0 spiro atoms. The second-order valence-electron chi connectivity index (χ2n) is 7.89. The van der Waals surface area contributed by atoms with E-state index < -0.39 is 0 Å². The number of nitrogens with zero attached hydrogens (tertiary/aromatic N) is 2. The highest BCUT2D eigenvalue weighted by atomic mass is 32.1. The molecule has 5 rings (SSSR count). The zero-order chi connectivity index (χ0) is 21.0. The first-order valence-corrected chi connectivity index (χ1v) is 11.7. The SMILES string of the molecule is O=C(c1cc(-c2ccccc2)c(N2CCOCC2)s1)N1CC=C(c2ccccc2)CC1. The molecule has 0 saturated carbocycles. The molecule has 4 nitrogen and oxygen atoms in total. The Bertz CT molecular complexity index is 1070. The third kappa shape index (κ3) is 4.29. The van der Waals surface area contributed by atoms with Crippen LogP contribution in [0, 0.1) is 0 Å². The average molecular weight is 431 g/mol. The van der Waals surface area contributed by atoms with E-state index in [9.17, 15) is 4.79 Å². The molecule has 2 aliphatic heterocycles. The van der Waals surface area contributed by atoms with Crippen LogP contribution in [0.15, 0.2) is 72.8 Å². The molecule has 0 atom stereocenters. The Morgan fingerprint density at radius 1 is 0.871 bits per heavy atom. The molecule has 2 aromatic carbocycles. The van der Waals surface area contributed by atoms with Crippen LogP contribution in [0.4, 0.5) is 5.00 Å². The number of hydrogen-bond donors (Lipinski definition) is 0. The minimum Gasteiger partial charge on any atom is -0.378 e. The number of rotatable bonds is 4. The van der Waals surface area contributed by atoms with Crippen LogP contribution in [0.3, 0.4) is 0 Å². The van der Waals surface area contributed by atoms with Crippen LogP contribution in [-0.4, -0.2) is 50.2 Å². The second-order valence-corrected chi connectivity index (χ2v) is 8.92. The van der Waals surface area contributed by atoms with Crippen molar-refractivity contribution in [1.82, 2.24) is 4.90 Å². The van der Waals surface area contributed by atoms with Gasteiger partial charge in [-0.2, -0.15) is 0 Å². The summed E-state index contributed by atoms with van der Waals surface area (Å²) >= 11 is 1.62. The van der Waals surface area contributed by atoms with Crippen LogP contribution < -0.4 is 4.90 Å². The van der Waals surface area contributed by atoms with Crippen LogP contribution >= 0.6 is 11.3 Å².